The maximum absolute atomic E-state index is 13.3. The third-order valence-corrected chi connectivity index (χ3v) is 7.11. The van der Waals surface area contributed by atoms with E-state index in [-0.39, 0.29) is 12.5 Å². The molecule has 2 aromatic heterocycles. The molecule has 0 aliphatic carbocycles. The van der Waals surface area contributed by atoms with E-state index in [1.54, 1.807) is 14.2 Å². The van der Waals surface area contributed by atoms with E-state index in [0.29, 0.717) is 47.1 Å². The molecule has 3 heterocycles. The molecule has 0 bridgehead atoms. The van der Waals surface area contributed by atoms with Crippen molar-refractivity contribution in [2.24, 2.45) is 0 Å². The monoisotopic (exact) mass is 490 g/mol. The van der Waals surface area contributed by atoms with Gasteiger partial charge in [-0.3, -0.25) is 9.69 Å². The highest BCUT2D eigenvalue weighted by Crippen LogP contribution is 2.35. The fourth-order valence-corrected chi connectivity index (χ4v) is 5.20. The molecule has 176 valence electrons. The number of nitrogens with zero attached hydrogens (tertiary/aromatic N) is 4. The molecule has 1 saturated heterocycles. The molecular formula is C23H27ClN4O4S. The first kappa shape index (κ1) is 23.7. The average Bonchev–Trinajstić information content (AvgIpc) is 3.16. The van der Waals surface area contributed by atoms with Crippen LogP contribution in [0.15, 0.2) is 24.3 Å². The Morgan fingerprint density at radius 1 is 1.15 bits per heavy atom. The maximum Gasteiger partial charge on any atom is 0.264 e. The Kier molecular flexibility index (Phi) is 7.64. The van der Waals surface area contributed by atoms with Crippen molar-refractivity contribution in [3.05, 3.63) is 45.6 Å². The molecule has 1 aliphatic heterocycles. The van der Waals surface area contributed by atoms with E-state index < -0.39 is 0 Å². The molecule has 1 aliphatic rings. The predicted molar refractivity (Wildman–Crippen MR) is 129 cm³/mol. The number of aryl methyl sites for hydroxylation is 1. The number of carbonyl (C=O) groups is 1. The molecule has 1 amide bonds. The molecule has 0 saturated carbocycles. The fourth-order valence-electron chi connectivity index (χ4n) is 3.85. The topological polar surface area (TPSA) is 77.0 Å². The summed E-state index contributed by atoms with van der Waals surface area (Å²) in [4.78, 5) is 27.9. The summed E-state index contributed by atoms with van der Waals surface area (Å²) in [5.41, 5.74) is 0.858. The number of hydrogen-bond acceptors (Lipinski definition) is 8. The van der Waals surface area contributed by atoms with E-state index in [4.69, 9.17) is 25.8 Å². The quantitative estimate of drug-likeness (QED) is 0.477. The Hall–Kier alpha value is -2.46. The van der Waals surface area contributed by atoms with E-state index in [1.807, 2.05) is 36.1 Å². The number of rotatable bonds is 8. The van der Waals surface area contributed by atoms with Gasteiger partial charge < -0.3 is 19.1 Å². The van der Waals surface area contributed by atoms with Crippen molar-refractivity contribution in [3.63, 3.8) is 0 Å². The lowest BCUT2D eigenvalue weighted by Crippen LogP contribution is -2.49. The predicted octanol–water partition coefficient (Wildman–Crippen LogP) is 3.64. The van der Waals surface area contributed by atoms with Gasteiger partial charge in [0.2, 0.25) is 5.88 Å². The van der Waals surface area contributed by atoms with Crippen LogP contribution in [0.5, 0.6) is 11.6 Å². The number of thiophene rings is 1. The van der Waals surface area contributed by atoms with Crippen molar-refractivity contribution in [3.8, 4) is 11.6 Å². The molecule has 0 atom stereocenters. The second kappa shape index (κ2) is 10.6. The number of methoxy groups -OCH3 is 2. The molecule has 0 N–H and O–H groups in total. The molecular weight excluding hydrogens is 464 g/mol. The van der Waals surface area contributed by atoms with Gasteiger partial charge in [-0.05, 0) is 24.6 Å². The highest BCUT2D eigenvalue weighted by Gasteiger charge is 2.27. The second-order valence-corrected chi connectivity index (χ2v) is 9.14. The number of halogens is 1. The number of hydrogen-bond donors (Lipinski definition) is 0. The minimum absolute atomic E-state index is 0.0258. The summed E-state index contributed by atoms with van der Waals surface area (Å²) in [6.45, 7) is 6.46. The summed E-state index contributed by atoms with van der Waals surface area (Å²) >= 11 is 7.52. The molecule has 1 aromatic carbocycles. The van der Waals surface area contributed by atoms with Gasteiger partial charge in [-0.2, -0.15) is 4.98 Å². The van der Waals surface area contributed by atoms with E-state index in [1.165, 1.54) is 11.3 Å². The average molecular weight is 491 g/mol. The van der Waals surface area contributed by atoms with Crippen molar-refractivity contribution in [2.75, 3.05) is 53.6 Å². The van der Waals surface area contributed by atoms with Crippen LogP contribution in [-0.2, 0) is 11.3 Å². The SMILES string of the molecule is COCc1nc(OC)c2c(C)c(C(=O)N3CCN(CCOc4ccccc4Cl)CC3)sc2n1. The summed E-state index contributed by atoms with van der Waals surface area (Å²) in [6, 6.07) is 7.47. The Bertz CT molecular complexity index is 1130. The molecule has 10 heteroatoms. The highest BCUT2D eigenvalue weighted by atomic mass is 35.5. The second-order valence-electron chi connectivity index (χ2n) is 7.73. The van der Waals surface area contributed by atoms with Gasteiger partial charge in [0.1, 0.15) is 23.8 Å². The number of amides is 1. The van der Waals surface area contributed by atoms with Gasteiger partial charge in [0.15, 0.2) is 5.82 Å². The molecule has 8 nitrogen and oxygen atoms in total. The fraction of sp³-hybridized carbons (Fsp3) is 0.435. The zero-order valence-corrected chi connectivity index (χ0v) is 20.5. The summed E-state index contributed by atoms with van der Waals surface area (Å²) in [5, 5.41) is 1.41. The van der Waals surface area contributed by atoms with Crippen molar-refractivity contribution in [1.82, 2.24) is 19.8 Å². The van der Waals surface area contributed by atoms with Crippen molar-refractivity contribution >= 4 is 39.1 Å². The van der Waals surface area contributed by atoms with Crippen LogP contribution in [0.4, 0.5) is 0 Å². The number of carbonyl (C=O) groups excluding carboxylic acids is 1. The number of fused-ring (bicyclic) bond motifs is 1. The largest absolute Gasteiger partial charge is 0.491 e. The lowest BCUT2D eigenvalue weighted by atomic mass is 10.2. The van der Waals surface area contributed by atoms with Gasteiger partial charge in [-0.1, -0.05) is 23.7 Å². The third kappa shape index (κ3) is 5.22. The van der Waals surface area contributed by atoms with Crippen LogP contribution in [0.1, 0.15) is 21.1 Å². The molecule has 0 unspecified atom stereocenters. The lowest BCUT2D eigenvalue weighted by molar-refractivity contribution is 0.0624. The highest BCUT2D eigenvalue weighted by molar-refractivity contribution is 7.20. The smallest absolute Gasteiger partial charge is 0.264 e. The van der Waals surface area contributed by atoms with Crippen LogP contribution in [0.3, 0.4) is 0 Å². The normalized spacial score (nSPS) is 14.6. The van der Waals surface area contributed by atoms with E-state index in [0.717, 1.165) is 35.4 Å². The molecule has 0 radical (unpaired) electrons. The lowest BCUT2D eigenvalue weighted by Gasteiger charge is -2.34. The Balaban J connectivity index is 1.38. The standard InChI is InChI=1S/C23H27ClN4O4S/c1-15-19-21(31-3)25-18(14-30-2)26-22(19)33-20(15)23(29)28-10-8-27(9-11-28)12-13-32-17-7-5-4-6-16(17)24/h4-7H,8-14H2,1-3H3. The summed E-state index contributed by atoms with van der Waals surface area (Å²) in [7, 11) is 3.17. The summed E-state index contributed by atoms with van der Waals surface area (Å²) < 4.78 is 16.4. The third-order valence-electron chi connectivity index (χ3n) is 5.63. The first-order valence-electron chi connectivity index (χ1n) is 10.7. The van der Waals surface area contributed by atoms with Gasteiger partial charge in [0, 0.05) is 39.8 Å². The van der Waals surface area contributed by atoms with Crippen LogP contribution in [0.25, 0.3) is 10.2 Å². The summed E-state index contributed by atoms with van der Waals surface area (Å²) in [5.74, 6) is 1.73. The number of ether oxygens (including phenoxy) is 3. The maximum atomic E-state index is 13.3. The number of benzene rings is 1. The van der Waals surface area contributed by atoms with Crippen LogP contribution in [-0.4, -0.2) is 79.2 Å². The molecule has 3 aromatic rings. The van der Waals surface area contributed by atoms with Crippen molar-refractivity contribution in [2.45, 2.75) is 13.5 Å². The van der Waals surface area contributed by atoms with Crippen LogP contribution < -0.4 is 9.47 Å². The van der Waals surface area contributed by atoms with E-state index in [2.05, 4.69) is 14.9 Å². The van der Waals surface area contributed by atoms with Gasteiger partial charge in [0.05, 0.1) is 22.4 Å². The summed E-state index contributed by atoms with van der Waals surface area (Å²) in [6.07, 6.45) is 0. The minimum Gasteiger partial charge on any atom is -0.491 e. The van der Waals surface area contributed by atoms with Crippen molar-refractivity contribution < 1.29 is 19.0 Å². The molecule has 0 spiro atoms. The van der Waals surface area contributed by atoms with E-state index in [9.17, 15) is 4.79 Å². The molecule has 33 heavy (non-hydrogen) atoms. The Morgan fingerprint density at radius 3 is 2.61 bits per heavy atom. The minimum atomic E-state index is 0.0258. The molecule has 1 fully saturated rings. The van der Waals surface area contributed by atoms with Gasteiger partial charge in [-0.25, -0.2) is 4.98 Å². The number of piperazine rings is 1. The number of aromatic nitrogens is 2. The zero-order chi connectivity index (χ0) is 23.4. The van der Waals surface area contributed by atoms with Gasteiger partial charge >= 0.3 is 0 Å². The number of para-hydroxylation sites is 1. The van der Waals surface area contributed by atoms with Gasteiger partial charge in [-0.15, -0.1) is 11.3 Å². The van der Waals surface area contributed by atoms with Crippen LogP contribution in [0, 0.1) is 6.92 Å². The Labute approximate surface area is 202 Å². The zero-order valence-electron chi connectivity index (χ0n) is 19.0. The van der Waals surface area contributed by atoms with Crippen LogP contribution in [0.2, 0.25) is 5.02 Å². The van der Waals surface area contributed by atoms with E-state index >= 15 is 0 Å². The first-order valence-corrected chi connectivity index (χ1v) is 11.9. The van der Waals surface area contributed by atoms with Crippen molar-refractivity contribution in [1.29, 1.82) is 0 Å². The van der Waals surface area contributed by atoms with Crippen LogP contribution >= 0.6 is 22.9 Å². The first-order chi connectivity index (χ1) is 16.0. The Morgan fingerprint density at radius 2 is 1.91 bits per heavy atom. The molecule has 4 rings (SSSR count). The van der Waals surface area contributed by atoms with Gasteiger partial charge in [0.25, 0.3) is 5.91 Å².